The largest absolute Gasteiger partial charge is 0.379 e. The molecule has 1 saturated heterocycles. The highest BCUT2D eigenvalue weighted by molar-refractivity contribution is 5.93. The summed E-state index contributed by atoms with van der Waals surface area (Å²) in [5.41, 5.74) is -0.595. The molecule has 1 aliphatic carbocycles. The van der Waals surface area contributed by atoms with Gasteiger partial charge in [0.05, 0.1) is 6.10 Å². The van der Waals surface area contributed by atoms with Crippen LogP contribution in [0, 0.1) is 0 Å². The van der Waals surface area contributed by atoms with Crippen molar-refractivity contribution in [1.82, 2.24) is 10.2 Å². The summed E-state index contributed by atoms with van der Waals surface area (Å²) in [6.07, 6.45) is 6.22. The molecule has 1 heterocycles. The molecular formula is C16H28N2O3. The maximum Gasteiger partial charge on any atom is 0.248 e. The number of ether oxygens (including phenoxy) is 1. The predicted molar refractivity (Wildman–Crippen MR) is 80.9 cm³/mol. The standard InChI is InChI=1S/C16H28N2O3/c1-13(2)21-12-6-5-10-18-11-7-14(19)17-16(15(18)20)8-3-4-9-16/h13H,3-12H2,1-2H3,(H,17,19). The van der Waals surface area contributed by atoms with Crippen LogP contribution in [0.25, 0.3) is 0 Å². The van der Waals surface area contributed by atoms with E-state index < -0.39 is 5.54 Å². The monoisotopic (exact) mass is 296 g/mol. The molecule has 1 spiro atoms. The van der Waals surface area contributed by atoms with Crippen LogP contribution in [0.15, 0.2) is 0 Å². The molecule has 2 fully saturated rings. The highest BCUT2D eigenvalue weighted by atomic mass is 16.5. The van der Waals surface area contributed by atoms with Crippen LogP contribution >= 0.6 is 0 Å². The van der Waals surface area contributed by atoms with Gasteiger partial charge in [0.25, 0.3) is 0 Å². The lowest BCUT2D eigenvalue weighted by Crippen LogP contribution is -2.55. The molecule has 0 aromatic rings. The van der Waals surface area contributed by atoms with Crippen molar-refractivity contribution in [3.63, 3.8) is 0 Å². The van der Waals surface area contributed by atoms with Crippen molar-refractivity contribution < 1.29 is 14.3 Å². The first kappa shape index (κ1) is 16.3. The van der Waals surface area contributed by atoms with Gasteiger partial charge >= 0.3 is 0 Å². The minimum absolute atomic E-state index is 0.0240. The smallest absolute Gasteiger partial charge is 0.248 e. The van der Waals surface area contributed by atoms with Crippen molar-refractivity contribution in [1.29, 1.82) is 0 Å². The molecular weight excluding hydrogens is 268 g/mol. The van der Waals surface area contributed by atoms with E-state index >= 15 is 0 Å². The number of rotatable bonds is 6. The summed E-state index contributed by atoms with van der Waals surface area (Å²) in [4.78, 5) is 26.5. The topological polar surface area (TPSA) is 58.6 Å². The minimum Gasteiger partial charge on any atom is -0.379 e. The van der Waals surface area contributed by atoms with E-state index in [1.165, 1.54) is 0 Å². The first-order chi connectivity index (χ1) is 10.0. The maximum atomic E-state index is 12.8. The number of carbonyl (C=O) groups is 2. The Kier molecular flexibility index (Phi) is 5.62. The van der Waals surface area contributed by atoms with E-state index in [9.17, 15) is 9.59 Å². The minimum atomic E-state index is -0.595. The molecule has 0 unspecified atom stereocenters. The van der Waals surface area contributed by atoms with E-state index in [-0.39, 0.29) is 17.9 Å². The Hall–Kier alpha value is -1.10. The highest BCUT2D eigenvalue weighted by Crippen LogP contribution is 2.33. The van der Waals surface area contributed by atoms with Crippen LogP contribution in [0.3, 0.4) is 0 Å². The van der Waals surface area contributed by atoms with Crippen molar-refractivity contribution in [3.05, 3.63) is 0 Å². The molecule has 1 saturated carbocycles. The van der Waals surface area contributed by atoms with Crippen LogP contribution in [0.1, 0.15) is 58.8 Å². The van der Waals surface area contributed by atoms with Gasteiger partial charge in [-0.1, -0.05) is 12.8 Å². The van der Waals surface area contributed by atoms with E-state index in [0.29, 0.717) is 13.0 Å². The Morgan fingerprint density at radius 2 is 1.95 bits per heavy atom. The second kappa shape index (κ2) is 7.25. The molecule has 21 heavy (non-hydrogen) atoms. The second-order valence-electron chi connectivity index (χ2n) is 6.51. The van der Waals surface area contributed by atoms with E-state index in [1.54, 1.807) is 0 Å². The molecule has 2 rings (SSSR count). The summed E-state index contributed by atoms with van der Waals surface area (Å²) < 4.78 is 5.52. The zero-order valence-corrected chi connectivity index (χ0v) is 13.3. The van der Waals surface area contributed by atoms with Gasteiger partial charge in [-0.2, -0.15) is 0 Å². The molecule has 1 N–H and O–H groups in total. The lowest BCUT2D eigenvalue weighted by molar-refractivity contribution is -0.138. The fraction of sp³-hybridized carbons (Fsp3) is 0.875. The fourth-order valence-corrected chi connectivity index (χ4v) is 3.28. The van der Waals surface area contributed by atoms with Gasteiger partial charge in [0.1, 0.15) is 5.54 Å². The quantitative estimate of drug-likeness (QED) is 0.761. The zero-order valence-electron chi connectivity index (χ0n) is 13.3. The van der Waals surface area contributed by atoms with Gasteiger partial charge in [-0.05, 0) is 39.5 Å². The third-order valence-corrected chi connectivity index (χ3v) is 4.41. The van der Waals surface area contributed by atoms with Gasteiger partial charge in [0.15, 0.2) is 0 Å². The number of nitrogens with one attached hydrogen (secondary N) is 1. The molecule has 0 aromatic carbocycles. The van der Waals surface area contributed by atoms with Crippen molar-refractivity contribution in [2.45, 2.75) is 70.4 Å². The van der Waals surface area contributed by atoms with Gasteiger partial charge in [-0.15, -0.1) is 0 Å². The first-order valence-corrected chi connectivity index (χ1v) is 8.25. The Labute approximate surface area is 127 Å². The van der Waals surface area contributed by atoms with Gasteiger partial charge in [-0.25, -0.2) is 0 Å². The Balaban J connectivity index is 1.86. The highest BCUT2D eigenvalue weighted by Gasteiger charge is 2.46. The molecule has 0 radical (unpaired) electrons. The van der Waals surface area contributed by atoms with Crippen LogP contribution in [0.2, 0.25) is 0 Å². The third-order valence-electron chi connectivity index (χ3n) is 4.41. The molecule has 2 amide bonds. The van der Waals surface area contributed by atoms with Gasteiger partial charge in [-0.3, -0.25) is 9.59 Å². The summed E-state index contributed by atoms with van der Waals surface area (Å²) in [7, 11) is 0. The van der Waals surface area contributed by atoms with Gasteiger partial charge < -0.3 is 15.0 Å². The molecule has 1 aliphatic heterocycles. The fourth-order valence-electron chi connectivity index (χ4n) is 3.28. The number of amides is 2. The summed E-state index contributed by atoms with van der Waals surface area (Å²) >= 11 is 0. The zero-order chi connectivity index (χ0) is 15.3. The molecule has 0 atom stereocenters. The van der Waals surface area contributed by atoms with Crippen LogP contribution < -0.4 is 5.32 Å². The van der Waals surface area contributed by atoms with Crippen molar-refractivity contribution >= 4 is 11.8 Å². The number of nitrogens with zero attached hydrogens (tertiary/aromatic N) is 1. The number of unbranched alkanes of at least 4 members (excludes halogenated alkanes) is 1. The third kappa shape index (κ3) is 4.19. The summed E-state index contributed by atoms with van der Waals surface area (Å²) in [6.45, 7) is 6.08. The summed E-state index contributed by atoms with van der Waals surface area (Å²) in [6, 6.07) is 0. The lowest BCUT2D eigenvalue weighted by atomic mass is 9.96. The average Bonchev–Trinajstić information content (AvgIpc) is 2.86. The normalized spacial score (nSPS) is 22.0. The molecule has 5 heteroatoms. The Morgan fingerprint density at radius 3 is 2.62 bits per heavy atom. The molecule has 0 aromatic heterocycles. The lowest BCUT2D eigenvalue weighted by Gasteiger charge is -2.31. The first-order valence-electron chi connectivity index (χ1n) is 8.25. The molecule has 5 nitrogen and oxygen atoms in total. The molecule has 120 valence electrons. The van der Waals surface area contributed by atoms with Crippen LogP contribution in [0.4, 0.5) is 0 Å². The van der Waals surface area contributed by atoms with Gasteiger partial charge in [0.2, 0.25) is 11.8 Å². The van der Waals surface area contributed by atoms with E-state index in [2.05, 4.69) is 5.32 Å². The van der Waals surface area contributed by atoms with Crippen molar-refractivity contribution in [2.75, 3.05) is 19.7 Å². The van der Waals surface area contributed by atoms with E-state index in [0.717, 1.165) is 51.7 Å². The number of hydrogen-bond donors (Lipinski definition) is 1. The van der Waals surface area contributed by atoms with Crippen LogP contribution in [-0.4, -0.2) is 48.1 Å². The average molecular weight is 296 g/mol. The van der Waals surface area contributed by atoms with Crippen molar-refractivity contribution in [3.8, 4) is 0 Å². The SMILES string of the molecule is CC(C)OCCCCN1CCC(=O)NC2(CCCC2)C1=O. The van der Waals surface area contributed by atoms with Crippen molar-refractivity contribution in [2.24, 2.45) is 0 Å². The summed E-state index contributed by atoms with van der Waals surface area (Å²) in [5.74, 6) is 0.159. The van der Waals surface area contributed by atoms with Gasteiger partial charge in [0, 0.05) is 26.1 Å². The molecule has 0 bridgehead atoms. The van der Waals surface area contributed by atoms with E-state index in [1.807, 2.05) is 18.7 Å². The molecule has 2 aliphatic rings. The Morgan fingerprint density at radius 1 is 1.24 bits per heavy atom. The number of carbonyl (C=O) groups excluding carboxylic acids is 2. The second-order valence-corrected chi connectivity index (χ2v) is 6.51. The Bertz CT molecular complexity index is 376. The van der Waals surface area contributed by atoms with Crippen LogP contribution in [-0.2, 0) is 14.3 Å². The van der Waals surface area contributed by atoms with E-state index in [4.69, 9.17) is 4.74 Å². The predicted octanol–water partition coefficient (Wildman–Crippen LogP) is 1.85. The number of hydrogen-bond acceptors (Lipinski definition) is 3. The maximum absolute atomic E-state index is 12.8. The summed E-state index contributed by atoms with van der Waals surface area (Å²) in [5, 5.41) is 3.00. The van der Waals surface area contributed by atoms with Crippen LogP contribution in [0.5, 0.6) is 0 Å².